The van der Waals surface area contributed by atoms with E-state index >= 15 is 0 Å². The van der Waals surface area contributed by atoms with Gasteiger partial charge in [-0.05, 0) is 48.0 Å². The summed E-state index contributed by atoms with van der Waals surface area (Å²) in [5, 5.41) is 12.1. The summed E-state index contributed by atoms with van der Waals surface area (Å²) in [6.45, 7) is 0. The van der Waals surface area contributed by atoms with Crippen LogP contribution in [0.15, 0.2) is 60.7 Å². The van der Waals surface area contributed by atoms with E-state index in [1.165, 1.54) is 12.1 Å². The van der Waals surface area contributed by atoms with Gasteiger partial charge in [-0.25, -0.2) is 8.78 Å². The minimum absolute atomic E-state index is 0.174. The van der Waals surface area contributed by atoms with Crippen LogP contribution in [0, 0.1) is 11.6 Å². The summed E-state index contributed by atoms with van der Waals surface area (Å²) < 4.78 is 65.1. The fourth-order valence-corrected chi connectivity index (χ4v) is 2.46. The van der Waals surface area contributed by atoms with E-state index in [4.69, 9.17) is 0 Å². The summed E-state index contributed by atoms with van der Waals surface area (Å²) in [4.78, 5) is 0. The molecule has 0 bridgehead atoms. The Morgan fingerprint density at radius 2 is 1.38 bits per heavy atom. The van der Waals surface area contributed by atoms with Crippen LogP contribution in [0.3, 0.4) is 0 Å². The smallest absolute Gasteiger partial charge is 0.416 e. The maximum atomic E-state index is 13.6. The van der Waals surface area contributed by atoms with Crippen molar-refractivity contribution < 1.29 is 27.1 Å². The quantitative estimate of drug-likeness (QED) is 0.550. The molecule has 0 fully saturated rings. The molecule has 0 aliphatic carbocycles. The molecule has 0 saturated carbocycles. The molecule has 0 radical (unpaired) electrons. The molecule has 0 saturated heterocycles. The van der Waals surface area contributed by atoms with Crippen molar-refractivity contribution in [3.8, 4) is 16.9 Å². The average Bonchev–Trinajstić information content (AvgIpc) is 2.59. The average molecular weight is 365 g/mol. The zero-order valence-electron chi connectivity index (χ0n) is 13.1. The van der Waals surface area contributed by atoms with Crippen LogP contribution in [0.25, 0.3) is 11.1 Å². The first kappa shape index (κ1) is 17.7. The molecule has 2 N–H and O–H groups in total. The minimum Gasteiger partial charge on any atom is -0.503 e. The van der Waals surface area contributed by atoms with Crippen molar-refractivity contribution in [1.82, 2.24) is 0 Å². The molecule has 0 aromatic heterocycles. The molecular formula is C19H12F5NO. The van der Waals surface area contributed by atoms with E-state index in [-0.39, 0.29) is 5.56 Å². The largest absolute Gasteiger partial charge is 0.503 e. The number of benzene rings is 3. The van der Waals surface area contributed by atoms with Crippen LogP contribution in [0.5, 0.6) is 5.75 Å². The predicted octanol–water partition coefficient (Wildman–Crippen LogP) is 6.10. The van der Waals surface area contributed by atoms with Crippen molar-refractivity contribution in [2.75, 3.05) is 5.32 Å². The molecule has 26 heavy (non-hydrogen) atoms. The Balaban J connectivity index is 1.96. The highest BCUT2D eigenvalue weighted by Crippen LogP contribution is 2.35. The summed E-state index contributed by atoms with van der Waals surface area (Å²) in [6.07, 6.45) is -4.43. The van der Waals surface area contributed by atoms with Gasteiger partial charge in [0.25, 0.3) is 0 Å². The van der Waals surface area contributed by atoms with Gasteiger partial charge in [0.15, 0.2) is 17.4 Å². The van der Waals surface area contributed by atoms with E-state index in [9.17, 15) is 27.1 Å². The van der Waals surface area contributed by atoms with Crippen LogP contribution in [0.1, 0.15) is 5.56 Å². The SMILES string of the molecule is Oc1c(F)cc(-c2ccccc2Nc2ccc(C(F)(F)F)cc2)cc1F. The Kier molecular flexibility index (Phi) is 4.54. The Morgan fingerprint density at radius 3 is 1.96 bits per heavy atom. The van der Waals surface area contributed by atoms with E-state index in [1.54, 1.807) is 24.3 Å². The minimum atomic E-state index is -4.43. The standard InChI is InChI=1S/C19H12F5NO/c20-15-9-11(10-16(21)18(15)26)14-3-1-2-4-17(14)25-13-7-5-12(6-8-13)19(22,23)24/h1-10,25-26H. The second kappa shape index (κ2) is 6.67. The van der Waals surface area contributed by atoms with Crippen LogP contribution < -0.4 is 5.32 Å². The summed E-state index contributed by atoms with van der Waals surface area (Å²) >= 11 is 0. The normalized spacial score (nSPS) is 11.4. The fourth-order valence-electron chi connectivity index (χ4n) is 2.46. The highest BCUT2D eigenvalue weighted by atomic mass is 19.4. The molecule has 7 heteroatoms. The van der Waals surface area contributed by atoms with Crippen molar-refractivity contribution in [3.05, 3.63) is 77.9 Å². The second-order valence-corrected chi connectivity index (χ2v) is 5.53. The van der Waals surface area contributed by atoms with Gasteiger partial charge in [-0.1, -0.05) is 18.2 Å². The van der Waals surface area contributed by atoms with Crippen molar-refractivity contribution in [1.29, 1.82) is 0 Å². The monoisotopic (exact) mass is 365 g/mol. The maximum Gasteiger partial charge on any atom is 0.416 e. The third kappa shape index (κ3) is 3.61. The molecule has 0 spiro atoms. The highest BCUT2D eigenvalue weighted by molar-refractivity contribution is 5.81. The number of nitrogens with one attached hydrogen (secondary N) is 1. The second-order valence-electron chi connectivity index (χ2n) is 5.53. The Morgan fingerprint density at radius 1 is 0.808 bits per heavy atom. The first-order valence-electron chi connectivity index (χ1n) is 7.47. The third-order valence-corrected chi connectivity index (χ3v) is 3.75. The van der Waals surface area contributed by atoms with Gasteiger partial charge in [-0.15, -0.1) is 0 Å². The van der Waals surface area contributed by atoms with Gasteiger partial charge in [0.2, 0.25) is 0 Å². The zero-order valence-corrected chi connectivity index (χ0v) is 13.1. The molecule has 2 nitrogen and oxygen atoms in total. The number of aromatic hydroxyl groups is 1. The van der Waals surface area contributed by atoms with Gasteiger partial charge < -0.3 is 10.4 Å². The molecule has 0 amide bonds. The van der Waals surface area contributed by atoms with Crippen molar-refractivity contribution in [2.24, 2.45) is 0 Å². The first-order valence-corrected chi connectivity index (χ1v) is 7.47. The summed E-state index contributed by atoms with van der Waals surface area (Å²) in [5.41, 5.74) is 0.638. The van der Waals surface area contributed by atoms with E-state index in [0.717, 1.165) is 24.3 Å². The number of halogens is 5. The molecule has 3 aromatic carbocycles. The maximum absolute atomic E-state index is 13.6. The molecule has 0 heterocycles. The molecule has 3 rings (SSSR count). The third-order valence-electron chi connectivity index (χ3n) is 3.75. The number of para-hydroxylation sites is 1. The number of phenols is 1. The zero-order chi connectivity index (χ0) is 18.9. The molecular weight excluding hydrogens is 353 g/mol. The van der Waals surface area contributed by atoms with E-state index in [2.05, 4.69) is 5.32 Å². The molecule has 134 valence electrons. The summed E-state index contributed by atoms with van der Waals surface area (Å²) in [6, 6.07) is 12.9. The number of alkyl halides is 3. The van der Waals surface area contributed by atoms with Crippen molar-refractivity contribution in [3.63, 3.8) is 0 Å². The summed E-state index contributed by atoms with van der Waals surface area (Å²) in [5.74, 6) is -3.28. The number of rotatable bonds is 3. The topological polar surface area (TPSA) is 32.3 Å². The lowest BCUT2D eigenvalue weighted by atomic mass is 10.0. The first-order chi connectivity index (χ1) is 12.3. The Labute approximate surface area is 145 Å². The molecule has 0 aliphatic rings. The van der Waals surface area contributed by atoms with Crippen LogP contribution in [-0.2, 0) is 6.18 Å². The number of anilines is 2. The number of hydrogen-bond donors (Lipinski definition) is 2. The van der Waals surface area contributed by atoms with Gasteiger partial charge in [0.05, 0.1) is 5.56 Å². The molecule has 0 unspecified atom stereocenters. The summed E-state index contributed by atoms with van der Waals surface area (Å²) in [7, 11) is 0. The number of phenolic OH excluding ortho intramolecular Hbond substituents is 1. The predicted molar refractivity (Wildman–Crippen MR) is 88.2 cm³/mol. The number of hydrogen-bond acceptors (Lipinski definition) is 2. The highest BCUT2D eigenvalue weighted by Gasteiger charge is 2.29. The van der Waals surface area contributed by atoms with Gasteiger partial charge in [-0.3, -0.25) is 0 Å². The van der Waals surface area contributed by atoms with Crippen molar-refractivity contribution >= 4 is 11.4 Å². The fraction of sp³-hybridized carbons (Fsp3) is 0.0526. The lowest BCUT2D eigenvalue weighted by Gasteiger charge is -2.14. The van der Waals surface area contributed by atoms with E-state index < -0.39 is 29.1 Å². The van der Waals surface area contributed by atoms with Gasteiger partial charge >= 0.3 is 6.18 Å². The Bertz CT molecular complexity index is 912. The van der Waals surface area contributed by atoms with Gasteiger partial charge in [0, 0.05) is 16.9 Å². The van der Waals surface area contributed by atoms with Crippen LogP contribution in [-0.4, -0.2) is 5.11 Å². The van der Waals surface area contributed by atoms with Crippen molar-refractivity contribution in [2.45, 2.75) is 6.18 Å². The molecule has 0 aliphatic heterocycles. The van der Waals surface area contributed by atoms with Crippen LogP contribution in [0.4, 0.5) is 33.3 Å². The van der Waals surface area contributed by atoms with Crippen LogP contribution in [0.2, 0.25) is 0 Å². The van der Waals surface area contributed by atoms with E-state index in [1.807, 2.05) is 0 Å². The van der Waals surface area contributed by atoms with Crippen LogP contribution >= 0.6 is 0 Å². The van der Waals surface area contributed by atoms with E-state index in [0.29, 0.717) is 16.9 Å². The van der Waals surface area contributed by atoms with Gasteiger partial charge in [0.1, 0.15) is 0 Å². The lowest BCUT2D eigenvalue weighted by molar-refractivity contribution is -0.137. The lowest BCUT2D eigenvalue weighted by Crippen LogP contribution is -2.04. The van der Waals surface area contributed by atoms with Gasteiger partial charge in [-0.2, -0.15) is 13.2 Å². The Hall–Kier alpha value is -3.09. The molecule has 3 aromatic rings. The molecule has 0 atom stereocenters.